The van der Waals surface area contributed by atoms with Gasteiger partial charge in [0.1, 0.15) is 5.69 Å². The van der Waals surface area contributed by atoms with E-state index in [9.17, 15) is 4.79 Å². The van der Waals surface area contributed by atoms with Crippen molar-refractivity contribution in [2.24, 2.45) is 0 Å². The highest BCUT2D eigenvalue weighted by Gasteiger charge is 2.19. The molecule has 20 heavy (non-hydrogen) atoms. The largest absolute Gasteiger partial charge is 0.351 e. The van der Waals surface area contributed by atoms with Crippen molar-refractivity contribution in [1.82, 2.24) is 15.3 Å². The van der Waals surface area contributed by atoms with E-state index in [4.69, 9.17) is 0 Å². The summed E-state index contributed by atoms with van der Waals surface area (Å²) in [6, 6.07) is 2.16. The van der Waals surface area contributed by atoms with Crippen molar-refractivity contribution in [2.45, 2.75) is 65.0 Å². The number of rotatable bonds is 3. The van der Waals surface area contributed by atoms with Gasteiger partial charge in [0.15, 0.2) is 0 Å². The van der Waals surface area contributed by atoms with Crippen LogP contribution in [0.15, 0.2) is 6.07 Å². The number of hydrogen-bond donors (Lipinski definition) is 2. The normalized spacial score (nSPS) is 16.2. The molecule has 1 fully saturated rings. The van der Waals surface area contributed by atoms with Crippen LogP contribution < -0.4 is 10.6 Å². The van der Waals surface area contributed by atoms with Crippen molar-refractivity contribution in [3.05, 3.63) is 17.5 Å². The first-order valence-electron chi connectivity index (χ1n) is 7.28. The Bertz CT molecular complexity index is 487. The van der Waals surface area contributed by atoms with Crippen LogP contribution in [0.25, 0.3) is 0 Å². The second kappa shape index (κ2) is 5.77. The molecule has 110 valence electrons. The highest BCUT2D eigenvalue weighted by atomic mass is 16.2. The maximum atomic E-state index is 12.2. The summed E-state index contributed by atoms with van der Waals surface area (Å²) in [4.78, 5) is 20.9. The molecular weight excluding hydrogens is 252 g/mol. The molecule has 1 aromatic rings. The van der Waals surface area contributed by atoms with E-state index < -0.39 is 0 Å². The van der Waals surface area contributed by atoms with Crippen LogP contribution in [0.5, 0.6) is 0 Å². The number of aryl methyl sites for hydroxylation is 1. The molecule has 5 heteroatoms. The highest BCUT2D eigenvalue weighted by Crippen LogP contribution is 2.21. The fourth-order valence-electron chi connectivity index (χ4n) is 2.41. The minimum atomic E-state index is -0.269. The van der Waals surface area contributed by atoms with Crippen molar-refractivity contribution >= 4 is 11.9 Å². The Balaban J connectivity index is 2.13. The maximum absolute atomic E-state index is 12.2. The number of nitrogens with one attached hydrogen (secondary N) is 2. The Morgan fingerprint density at radius 1 is 1.25 bits per heavy atom. The minimum absolute atomic E-state index is 0.155. The average molecular weight is 276 g/mol. The Morgan fingerprint density at radius 2 is 1.90 bits per heavy atom. The topological polar surface area (TPSA) is 66.9 Å². The summed E-state index contributed by atoms with van der Waals surface area (Å²) >= 11 is 0. The van der Waals surface area contributed by atoms with Crippen LogP contribution in [0.2, 0.25) is 0 Å². The molecule has 0 atom stereocenters. The maximum Gasteiger partial charge on any atom is 0.270 e. The van der Waals surface area contributed by atoms with E-state index in [2.05, 4.69) is 20.6 Å². The van der Waals surface area contributed by atoms with Crippen LogP contribution in [0.1, 0.15) is 62.6 Å². The molecule has 0 spiro atoms. The molecule has 0 bridgehead atoms. The summed E-state index contributed by atoms with van der Waals surface area (Å²) in [7, 11) is 0. The van der Waals surface area contributed by atoms with Gasteiger partial charge >= 0.3 is 0 Å². The van der Waals surface area contributed by atoms with Gasteiger partial charge in [0.25, 0.3) is 5.91 Å². The monoisotopic (exact) mass is 276 g/mol. The Labute approximate surface area is 120 Å². The number of amides is 1. The zero-order chi connectivity index (χ0) is 14.8. The summed E-state index contributed by atoms with van der Waals surface area (Å²) in [6.07, 6.45) is 4.81. The van der Waals surface area contributed by atoms with Crippen molar-refractivity contribution in [1.29, 1.82) is 0 Å². The van der Waals surface area contributed by atoms with Gasteiger partial charge in [0, 0.05) is 17.3 Å². The molecule has 1 aliphatic carbocycles. The van der Waals surface area contributed by atoms with E-state index >= 15 is 0 Å². The van der Waals surface area contributed by atoms with Crippen LogP contribution in [-0.2, 0) is 0 Å². The number of carbonyl (C=O) groups excluding carboxylic acids is 1. The fourth-order valence-corrected chi connectivity index (χ4v) is 2.41. The van der Waals surface area contributed by atoms with Crippen LogP contribution in [0.4, 0.5) is 5.95 Å². The van der Waals surface area contributed by atoms with Gasteiger partial charge in [-0.05, 0) is 46.6 Å². The minimum Gasteiger partial charge on any atom is -0.351 e. The lowest BCUT2D eigenvalue weighted by atomic mass is 10.1. The van der Waals surface area contributed by atoms with Gasteiger partial charge in [-0.3, -0.25) is 4.79 Å². The quantitative estimate of drug-likeness (QED) is 0.890. The van der Waals surface area contributed by atoms with Crippen LogP contribution in [0.3, 0.4) is 0 Å². The fraction of sp³-hybridized carbons (Fsp3) is 0.667. The number of hydrogen-bond acceptors (Lipinski definition) is 4. The van der Waals surface area contributed by atoms with Crippen LogP contribution in [-0.4, -0.2) is 27.5 Å². The predicted octanol–water partition coefficient (Wildman–Crippen LogP) is 2.67. The van der Waals surface area contributed by atoms with Crippen molar-refractivity contribution in [2.75, 3.05) is 5.32 Å². The molecule has 2 N–H and O–H groups in total. The highest BCUT2D eigenvalue weighted by molar-refractivity contribution is 5.93. The standard InChI is InChI=1S/C15H24N4O/c1-10-9-12(13(20)19-15(2,3)4)18-14(16-10)17-11-7-5-6-8-11/h9,11H,5-8H2,1-4H3,(H,19,20)(H,16,17,18). The lowest BCUT2D eigenvalue weighted by Crippen LogP contribution is -2.41. The molecule has 0 radical (unpaired) electrons. The van der Waals surface area contributed by atoms with Gasteiger partial charge in [0.05, 0.1) is 0 Å². The zero-order valence-corrected chi connectivity index (χ0v) is 12.8. The average Bonchev–Trinajstić information content (AvgIpc) is 2.78. The van der Waals surface area contributed by atoms with E-state index in [1.54, 1.807) is 6.07 Å². The van der Waals surface area contributed by atoms with E-state index in [0.29, 0.717) is 17.7 Å². The van der Waals surface area contributed by atoms with E-state index in [1.165, 1.54) is 12.8 Å². The molecular formula is C15H24N4O. The van der Waals surface area contributed by atoms with Crippen molar-refractivity contribution in [3.63, 3.8) is 0 Å². The predicted molar refractivity (Wildman–Crippen MR) is 79.9 cm³/mol. The SMILES string of the molecule is Cc1cc(C(=O)NC(C)(C)C)nc(NC2CCCC2)n1. The van der Waals surface area contributed by atoms with Gasteiger partial charge in [-0.1, -0.05) is 12.8 Å². The van der Waals surface area contributed by atoms with Gasteiger partial charge in [-0.2, -0.15) is 0 Å². The summed E-state index contributed by atoms with van der Waals surface area (Å²) in [6.45, 7) is 7.75. The lowest BCUT2D eigenvalue weighted by Gasteiger charge is -2.20. The zero-order valence-electron chi connectivity index (χ0n) is 12.8. The molecule has 1 saturated carbocycles. The first kappa shape index (κ1) is 14.8. The summed E-state index contributed by atoms with van der Waals surface area (Å²) in [5.74, 6) is 0.411. The van der Waals surface area contributed by atoms with Gasteiger partial charge < -0.3 is 10.6 Å². The molecule has 1 amide bonds. The second-order valence-electron chi connectivity index (χ2n) is 6.55. The van der Waals surface area contributed by atoms with E-state index in [-0.39, 0.29) is 11.4 Å². The summed E-state index contributed by atoms with van der Waals surface area (Å²) in [5.41, 5.74) is 0.960. The number of nitrogens with zero attached hydrogens (tertiary/aromatic N) is 2. The van der Waals surface area contributed by atoms with Gasteiger partial charge in [-0.25, -0.2) is 9.97 Å². The number of carbonyl (C=O) groups is 1. The first-order valence-corrected chi connectivity index (χ1v) is 7.28. The molecule has 0 saturated heterocycles. The third-order valence-corrected chi connectivity index (χ3v) is 3.26. The van der Waals surface area contributed by atoms with Gasteiger partial charge in [-0.15, -0.1) is 0 Å². The third kappa shape index (κ3) is 4.18. The van der Waals surface area contributed by atoms with Crippen molar-refractivity contribution < 1.29 is 4.79 Å². The van der Waals surface area contributed by atoms with Gasteiger partial charge in [0.2, 0.25) is 5.95 Å². The molecule has 0 unspecified atom stereocenters. The summed E-state index contributed by atoms with van der Waals surface area (Å²) < 4.78 is 0. The second-order valence-corrected chi connectivity index (χ2v) is 6.55. The smallest absolute Gasteiger partial charge is 0.270 e. The Kier molecular flexibility index (Phi) is 4.26. The lowest BCUT2D eigenvalue weighted by molar-refractivity contribution is 0.0914. The van der Waals surface area contributed by atoms with E-state index in [1.807, 2.05) is 27.7 Å². The molecule has 1 aliphatic rings. The molecule has 0 aromatic carbocycles. The molecule has 1 aromatic heterocycles. The first-order chi connectivity index (χ1) is 9.33. The van der Waals surface area contributed by atoms with E-state index in [0.717, 1.165) is 18.5 Å². The summed E-state index contributed by atoms with van der Waals surface area (Å²) in [5, 5.41) is 6.26. The Hall–Kier alpha value is -1.65. The van der Waals surface area contributed by atoms with Crippen LogP contribution in [0, 0.1) is 6.92 Å². The number of anilines is 1. The molecule has 2 rings (SSSR count). The third-order valence-electron chi connectivity index (χ3n) is 3.26. The van der Waals surface area contributed by atoms with Crippen LogP contribution >= 0.6 is 0 Å². The molecule has 1 heterocycles. The number of aromatic nitrogens is 2. The Morgan fingerprint density at radius 3 is 2.50 bits per heavy atom. The molecule has 0 aliphatic heterocycles. The van der Waals surface area contributed by atoms with Crippen molar-refractivity contribution in [3.8, 4) is 0 Å². The molecule has 5 nitrogen and oxygen atoms in total.